The number of methoxy groups -OCH3 is 2. The minimum Gasteiger partial charge on any atom is -0.468 e. The lowest BCUT2D eigenvalue weighted by molar-refractivity contribution is -0.173. The van der Waals surface area contributed by atoms with E-state index in [-0.39, 0.29) is 24.8 Å². The molecule has 0 bridgehead atoms. The van der Waals surface area contributed by atoms with Crippen LogP contribution in [0, 0.1) is 11.3 Å². The highest BCUT2D eigenvalue weighted by atomic mass is 16.5. The quantitative estimate of drug-likeness (QED) is 0.505. The molecule has 0 saturated heterocycles. The number of amides is 1. The molecule has 0 spiro atoms. The monoisotopic (exact) mass is 411 g/mol. The van der Waals surface area contributed by atoms with Crippen LogP contribution in [0.25, 0.3) is 0 Å². The van der Waals surface area contributed by atoms with Crippen molar-refractivity contribution in [1.29, 1.82) is 0 Å². The molecule has 6 heteroatoms. The Kier molecular flexibility index (Phi) is 8.16. The first kappa shape index (κ1) is 23.1. The number of hydrogen-bond acceptors (Lipinski definition) is 5. The summed E-state index contributed by atoms with van der Waals surface area (Å²) in [6.07, 6.45) is 0.0457. The summed E-state index contributed by atoms with van der Waals surface area (Å²) >= 11 is 0. The van der Waals surface area contributed by atoms with E-state index in [1.54, 1.807) is 6.92 Å². The van der Waals surface area contributed by atoms with Crippen molar-refractivity contribution >= 4 is 17.8 Å². The van der Waals surface area contributed by atoms with E-state index in [9.17, 15) is 14.4 Å². The van der Waals surface area contributed by atoms with Gasteiger partial charge in [0, 0.05) is 6.42 Å². The summed E-state index contributed by atoms with van der Waals surface area (Å²) in [6, 6.07) is 18.5. The molecule has 0 aliphatic carbocycles. The predicted octanol–water partition coefficient (Wildman–Crippen LogP) is 3.47. The normalized spacial score (nSPS) is 13.1. The molecule has 0 unspecified atom stereocenters. The minimum absolute atomic E-state index is 0.0335. The summed E-state index contributed by atoms with van der Waals surface area (Å²) in [5.41, 5.74) is 0.117. The number of carbonyl (C=O) groups excluding carboxylic acids is 3. The highest BCUT2D eigenvalue weighted by Gasteiger charge is 2.53. The molecule has 30 heavy (non-hydrogen) atoms. The van der Waals surface area contributed by atoms with E-state index >= 15 is 0 Å². The van der Waals surface area contributed by atoms with Crippen LogP contribution in [0.15, 0.2) is 60.7 Å². The van der Waals surface area contributed by atoms with Crippen molar-refractivity contribution < 1.29 is 23.9 Å². The Morgan fingerprint density at radius 3 is 1.87 bits per heavy atom. The van der Waals surface area contributed by atoms with Gasteiger partial charge in [-0.05, 0) is 30.4 Å². The first-order chi connectivity index (χ1) is 14.3. The zero-order chi connectivity index (χ0) is 22.1. The number of hydrogen-bond donors (Lipinski definition) is 1. The molecule has 2 rings (SSSR count). The Morgan fingerprint density at radius 2 is 1.37 bits per heavy atom. The predicted molar refractivity (Wildman–Crippen MR) is 113 cm³/mol. The van der Waals surface area contributed by atoms with Gasteiger partial charge in [-0.15, -0.1) is 0 Å². The highest BCUT2D eigenvalue weighted by molar-refractivity contribution is 6.01. The van der Waals surface area contributed by atoms with Crippen LogP contribution >= 0.6 is 0 Å². The maximum Gasteiger partial charge on any atom is 0.323 e. The number of esters is 2. The van der Waals surface area contributed by atoms with Gasteiger partial charge >= 0.3 is 11.9 Å². The van der Waals surface area contributed by atoms with Crippen LogP contribution < -0.4 is 5.32 Å². The Morgan fingerprint density at radius 1 is 0.867 bits per heavy atom. The van der Waals surface area contributed by atoms with Gasteiger partial charge in [0.1, 0.15) is 0 Å². The molecule has 0 radical (unpaired) electrons. The number of rotatable bonds is 9. The lowest BCUT2D eigenvalue weighted by Crippen LogP contribution is -2.49. The first-order valence-electron chi connectivity index (χ1n) is 9.90. The summed E-state index contributed by atoms with van der Waals surface area (Å²) < 4.78 is 9.99. The summed E-state index contributed by atoms with van der Waals surface area (Å²) in [5, 5.41) is 2.93. The van der Waals surface area contributed by atoms with Crippen molar-refractivity contribution in [2.45, 2.75) is 32.7 Å². The molecular formula is C24H29NO5. The van der Waals surface area contributed by atoms with Crippen LogP contribution in [-0.4, -0.2) is 32.1 Å². The van der Waals surface area contributed by atoms with Crippen molar-refractivity contribution in [1.82, 2.24) is 5.32 Å². The SMILES string of the molecule is COC(=O)C(Cc1ccccc1)(C(=O)OC)[C@@H](C)CC(=O)N[C@@H](C)c1ccccc1. The lowest BCUT2D eigenvalue weighted by atomic mass is 9.70. The molecule has 6 nitrogen and oxygen atoms in total. The third-order valence-corrected chi connectivity index (χ3v) is 5.43. The summed E-state index contributed by atoms with van der Waals surface area (Å²) in [7, 11) is 2.46. The van der Waals surface area contributed by atoms with Gasteiger partial charge in [-0.25, -0.2) is 0 Å². The molecule has 2 aromatic carbocycles. The zero-order valence-electron chi connectivity index (χ0n) is 17.9. The third kappa shape index (κ3) is 5.26. The number of carbonyl (C=O) groups is 3. The molecule has 0 aliphatic rings. The number of nitrogens with one attached hydrogen (secondary N) is 1. The van der Waals surface area contributed by atoms with Crippen molar-refractivity contribution in [2.24, 2.45) is 11.3 Å². The van der Waals surface area contributed by atoms with Crippen molar-refractivity contribution in [2.75, 3.05) is 14.2 Å². The fourth-order valence-corrected chi connectivity index (χ4v) is 3.66. The van der Waals surface area contributed by atoms with Gasteiger partial charge in [0.15, 0.2) is 5.41 Å². The van der Waals surface area contributed by atoms with Crippen molar-refractivity contribution in [3.8, 4) is 0 Å². The van der Waals surface area contributed by atoms with Crippen LogP contribution in [0.5, 0.6) is 0 Å². The highest BCUT2D eigenvalue weighted by Crippen LogP contribution is 2.37. The van der Waals surface area contributed by atoms with Gasteiger partial charge in [-0.1, -0.05) is 67.6 Å². The van der Waals surface area contributed by atoms with E-state index in [0.29, 0.717) is 0 Å². The van der Waals surface area contributed by atoms with Gasteiger partial charge in [0.05, 0.1) is 20.3 Å². The van der Waals surface area contributed by atoms with E-state index in [1.165, 1.54) is 14.2 Å². The van der Waals surface area contributed by atoms with Crippen molar-refractivity contribution in [3.63, 3.8) is 0 Å². The first-order valence-corrected chi connectivity index (χ1v) is 9.90. The van der Waals surface area contributed by atoms with Crippen LogP contribution in [0.3, 0.4) is 0 Å². The molecule has 2 atom stereocenters. The van der Waals surface area contributed by atoms with Crippen LogP contribution in [-0.2, 0) is 30.3 Å². The molecule has 0 aromatic heterocycles. The maximum absolute atomic E-state index is 12.9. The van der Waals surface area contributed by atoms with E-state index < -0.39 is 23.3 Å². The Bertz CT molecular complexity index is 834. The topological polar surface area (TPSA) is 81.7 Å². The third-order valence-electron chi connectivity index (χ3n) is 5.43. The molecule has 0 fully saturated rings. The molecule has 1 N–H and O–H groups in total. The molecule has 2 aromatic rings. The molecule has 0 heterocycles. The second-order valence-electron chi connectivity index (χ2n) is 7.42. The number of ether oxygens (including phenoxy) is 2. The second-order valence-corrected chi connectivity index (χ2v) is 7.42. The average Bonchev–Trinajstić information content (AvgIpc) is 2.77. The zero-order valence-corrected chi connectivity index (χ0v) is 17.9. The van der Waals surface area contributed by atoms with Crippen LogP contribution in [0.1, 0.15) is 37.4 Å². The van der Waals surface area contributed by atoms with E-state index in [4.69, 9.17) is 9.47 Å². The largest absolute Gasteiger partial charge is 0.468 e. The van der Waals surface area contributed by atoms with E-state index in [1.807, 2.05) is 67.6 Å². The molecule has 0 aliphatic heterocycles. The smallest absolute Gasteiger partial charge is 0.323 e. The van der Waals surface area contributed by atoms with E-state index in [0.717, 1.165) is 11.1 Å². The maximum atomic E-state index is 12.9. The average molecular weight is 411 g/mol. The Balaban J connectivity index is 2.26. The molecule has 160 valence electrons. The van der Waals surface area contributed by atoms with Crippen LogP contribution in [0.2, 0.25) is 0 Å². The Labute approximate surface area is 177 Å². The number of benzene rings is 2. The van der Waals surface area contributed by atoms with Crippen LogP contribution in [0.4, 0.5) is 0 Å². The van der Waals surface area contributed by atoms with Gasteiger partial charge < -0.3 is 14.8 Å². The summed E-state index contributed by atoms with van der Waals surface area (Å²) in [5.74, 6) is -2.34. The summed E-state index contributed by atoms with van der Waals surface area (Å²) in [6.45, 7) is 3.58. The van der Waals surface area contributed by atoms with Crippen molar-refractivity contribution in [3.05, 3.63) is 71.8 Å². The van der Waals surface area contributed by atoms with Gasteiger partial charge in [-0.2, -0.15) is 0 Å². The second kappa shape index (κ2) is 10.6. The molecular weight excluding hydrogens is 382 g/mol. The van der Waals surface area contributed by atoms with Gasteiger partial charge in [0.25, 0.3) is 0 Å². The van der Waals surface area contributed by atoms with Gasteiger partial charge in [-0.3, -0.25) is 14.4 Å². The lowest BCUT2D eigenvalue weighted by Gasteiger charge is -2.34. The fourth-order valence-electron chi connectivity index (χ4n) is 3.66. The Hall–Kier alpha value is -3.15. The molecule has 0 saturated carbocycles. The minimum atomic E-state index is -1.63. The van der Waals surface area contributed by atoms with Gasteiger partial charge in [0.2, 0.25) is 5.91 Å². The fraction of sp³-hybridized carbons (Fsp3) is 0.375. The molecule has 1 amide bonds. The standard InChI is InChI=1S/C24H29NO5/c1-17(15-21(26)25-18(2)20-13-9-6-10-14-20)24(22(27)29-3,23(28)30-4)16-19-11-7-5-8-12-19/h5-14,17-18H,15-16H2,1-4H3,(H,25,26)/t17-,18-/m0/s1. The summed E-state index contributed by atoms with van der Waals surface area (Å²) in [4.78, 5) is 38.4. The van der Waals surface area contributed by atoms with E-state index in [2.05, 4.69) is 5.32 Å².